The Kier molecular flexibility index (Phi) is 30.1. The van der Waals surface area contributed by atoms with Crippen LogP contribution in [0.15, 0.2) is 0 Å². The van der Waals surface area contributed by atoms with Crippen molar-refractivity contribution in [2.24, 2.45) is 0 Å². The average molecular weight is 293 g/mol. The van der Waals surface area contributed by atoms with Gasteiger partial charge in [-0.3, -0.25) is 12.8 Å². The summed E-state index contributed by atoms with van der Waals surface area (Å²) in [6.45, 7) is 5.39. The summed E-state index contributed by atoms with van der Waals surface area (Å²) >= 11 is 0. The predicted molar refractivity (Wildman–Crippen MR) is 58.6 cm³/mol. The van der Waals surface area contributed by atoms with Crippen molar-refractivity contribution in [3.63, 3.8) is 0 Å². The van der Waals surface area contributed by atoms with Gasteiger partial charge in [-0.2, -0.15) is 0 Å². The zero-order chi connectivity index (χ0) is 11.7. The van der Waals surface area contributed by atoms with Crippen LogP contribution in [-0.2, 0) is 36.0 Å². The molecule has 0 aromatic rings. The van der Waals surface area contributed by atoms with Gasteiger partial charge in [0.15, 0.2) is 0 Å². The molecule has 0 spiro atoms. The number of Topliss-reactive ketones (excluding diaryl/α,β-unsaturated/α-hetero) is 4. The number of ketones is 4. The van der Waals surface area contributed by atoms with E-state index in [1.54, 1.807) is 0 Å². The smallest absolute Gasteiger partial charge is 0.412 e. The van der Waals surface area contributed by atoms with Gasteiger partial charge >= 0.3 is 16.8 Å². The molecule has 0 aliphatic carbocycles. The molecule has 0 saturated heterocycles. The number of rotatable bonds is 4. The fourth-order valence-corrected chi connectivity index (χ4v) is 0.572. The first-order valence-corrected chi connectivity index (χ1v) is 3.97. The van der Waals surface area contributed by atoms with E-state index in [4.69, 9.17) is 0 Å². The maximum atomic E-state index is 9.98. The van der Waals surface area contributed by atoms with Gasteiger partial charge in [0.25, 0.3) is 0 Å². The molecule has 0 aliphatic heterocycles. The van der Waals surface area contributed by atoms with E-state index in [-0.39, 0.29) is 50.9 Å². The number of carbonyl (C=O) groups is 4. The first-order valence-electron chi connectivity index (χ1n) is 3.97. The minimum atomic E-state index is -0.187. The van der Waals surface area contributed by atoms with Crippen molar-refractivity contribution >= 4 is 23.1 Å². The van der Waals surface area contributed by atoms with Crippen molar-refractivity contribution in [2.75, 3.05) is 0 Å². The van der Waals surface area contributed by atoms with Crippen molar-refractivity contribution in [3.05, 3.63) is 12.8 Å². The van der Waals surface area contributed by atoms with Crippen molar-refractivity contribution in [3.8, 4) is 0 Å². The Morgan fingerprint density at radius 1 is 0.588 bits per heavy atom. The van der Waals surface area contributed by atoms with Crippen molar-refractivity contribution < 1.29 is 46.9 Å². The zero-order valence-electron chi connectivity index (χ0n) is 10.1. The van der Waals surface area contributed by atoms with Gasteiger partial charge in [0.2, 0.25) is 0 Å². The van der Waals surface area contributed by atoms with E-state index in [9.17, 15) is 19.2 Å². The Morgan fingerprint density at radius 2 is 0.706 bits per heavy atom. The zero-order valence-corrected chi connectivity index (χ0v) is 11.2. The summed E-state index contributed by atoms with van der Waals surface area (Å²) in [5.74, 6) is -0.750. The Balaban J connectivity index is -0.0000000480. The van der Waals surface area contributed by atoms with E-state index in [0.717, 1.165) is 12.8 Å². The van der Waals surface area contributed by atoms with Crippen LogP contribution in [0.4, 0.5) is 0 Å². The molecule has 0 aromatic carbocycles. The van der Waals surface area contributed by atoms with Crippen LogP contribution in [0.5, 0.6) is 0 Å². The molecule has 0 heterocycles. The Labute approximate surface area is 111 Å². The molecule has 103 valence electrons. The van der Waals surface area contributed by atoms with Gasteiger partial charge in [0.1, 0.15) is 0 Å². The third kappa shape index (κ3) is 52.3. The van der Waals surface area contributed by atoms with Crippen LogP contribution in [0.2, 0.25) is 0 Å². The monoisotopic (exact) mass is 293 g/mol. The predicted octanol–water partition coefficient (Wildman–Crippen LogP) is -0.915. The average Bonchev–Trinajstić information content (AvgIpc) is 1.79. The second-order valence-electron chi connectivity index (χ2n) is 2.73. The quantitative estimate of drug-likeness (QED) is 0.490. The summed E-state index contributed by atoms with van der Waals surface area (Å²) in [6.07, 6.45) is 2.11. The molecule has 0 rings (SSSR count). The summed E-state index contributed by atoms with van der Waals surface area (Å²) < 4.78 is 0. The first-order chi connectivity index (χ1) is 6.25. The van der Waals surface area contributed by atoms with Crippen LogP contribution in [0.3, 0.4) is 0 Å². The van der Waals surface area contributed by atoms with Crippen molar-refractivity contribution in [1.29, 1.82) is 0 Å². The fourth-order valence-electron chi connectivity index (χ4n) is 0.572. The van der Waals surface area contributed by atoms with Crippen molar-refractivity contribution in [1.82, 2.24) is 0 Å². The second-order valence-corrected chi connectivity index (χ2v) is 2.73. The normalized spacial score (nSPS) is 6.35. The molecule has 1 radical (unpaired) electrons. The molecule has 0 unspecified atom stereocenters. The molecule has 17 heavy (non-hydrogen) atoms. The number of hydrogen-bond acceptors (Lipinski definition) is 4. The van der Waals surface area contributed by atoms with Gasteiger partial charge in [0.05, 0.1) is 0 Å². The van der Waals surface area contributed by atoms with Gasteiger partial charge in [-0.1, -0.05) is 0 Å². The molecule has 0 bridgehead atoms. The Morgan fingerprint density at radius 3 is 0.706 bits per heavy atom. The third-order valence-electron chi connectivity index (χ3n) is 0.813. The topological polar surface area (TPSA) is 131 Å². The van der Waals surface area contributed by atoms with Gasteiger partial charge in [-0.25, -0.2) is 0 Å². The summed E-state index contributed by atoms with van der Waals surface area (Å²) in [5.41, 5.74) is 0. The van der Waals surface area contributed by atoms with Crippen LogP contribution in [-0.4, -0.2) is 34.1 Å². The first kappa shape index (κ1) is 29.7. The van der Waals surface area contributed by atoms with E-state index in [1.807, 2.05) is 0 Å². The molecular weight excluding hydrogens is 275 g/mol. The van der Waals surface area contributed by atoms with E-state index in [2.05, 4.69) is 0 Å². The Hall–Kier alpha value is -1.15. The number of carbonyl (C=O) groups excluding carboxylic acids is 4. The van der Waals surface area contributed by atoms with Crippen LogP contribution >= 0.6 is 0 Å². The van der Waals surface area contributed by atoms with Gasteiger partial charge < -0.3 is 30.1 Å². The van der Waals surface area contributed by atoms with E-state index < -0.39 is 0 Å². The summed E-state index contributed by atoms with van der Waals surface area (Å²) in [6, 6.07) is 0. The minimum Gasteiger partial charge on any atom is -0.412 e. The SMILES string of the molecule is CC(=O)[CH-]C(C)=O.CC(=O)[CH-]C(C)=O.O.O.[Co+2]. The van der Waals surface area contributed by atoms with Crippen LogP contribution in [0, 0.1) is 12.8 Å². The van der Waals surface area contributed by atoms with Crippen LogP contribution < -0.4 is 0 Å². The molecular formula is C10H18CoO6. The van der Waals surface area contributed by atoms with E-state index in [1.165, 1.54) is 27.7 Å². The van der Waals surface area contributed by atoms with Gasteiger partial charge in [-0.05, 0) is 27.7 Å². The molecule has 4 N–H and O–H groups in total. The standard InChI is InChI=1S/2C5H7O2.Co.2H2O/c2*1-4(6)3-5(2)7;;;/h2*3H,1-2H3;;2*1H2/q2*-1;+2;;. The fraction of sp³-hybridized carbons (Fsp3) is 0.400. The van der Waals surface area contributed by atoms with Crippen molar-refractivity contribution in [2.45, 2.75) is 27.7 Å². The van der Waals surface area contributed by atoms with E-state index in [0.29, 0.717) is 0 Å². The minimum absolute atomic E-state index is 0. The summed E-state index contributed by atoms with van der Waals surface area (Å²) in [7, 11) is 0. The van der Waals surface area contributed by atoms with E-state index >= 15 is 0 Å². The molecule has 7 heteroatoms. The van der Waals surface area contributed by atoms with Crippen LogP contribution in [0.25, 0.3) is 0 Å². The van der Waals surface area contributed by atoms with Crippen LogP contribution in [0.1, 0.15) is 27.7 Å². The molecule has 0 amide bonds. The maximum absolute atomic E-state index is 9.98. The summed E-state index contributed by atoms with van der Waals surface area (Å²) in [5, 5.41) is 0. The summed E-state index contributed by atoms with van der Waals surface area (Å²) in [4.78, 5) is 39.9. The van der Waals surface area contributed by atoms with Gasteiger partial charge in [0, 0.05) is 23.1 Å². The maximum Gasteiger partial charge on any atom is 2.00 e. The third-order valence-corrected chi connectivity index (χ3v) is 0.813. The second kappa shape index (κ2) is 17.2. The molecule has 0 atom stereocenters. The molecule has 0 aromatic heterocycles. The van der Waals surface area contributed by atoms with Gasteiger partial charge in [-0.15, -0.1) is 0 Å². The molecule has 0 fully saturated rings. The molecule has 6 nitrogen and oxygen atoms in total. The molecule has 0 saturated carbocycles. The molecule has 0 aliphatic rings. The Bertz CT molecular complexity index is 199. The number of hydrogen-bond donors (Lipinski definition) is 0. The largest absolute Gasteiger partial charge is 2.00 e.